The van der Waals surface area contributed by atoms with Gasteiger partial charge in [0, 0.05) is 48.3 Å². The molecule has 7 atom stereocenters. The lowest BCUT2D eigenvalue weighted by Gasteiger charge is -2.37. The van der Waals surface area contributed by atoms with E-state index in [1.807, 2.05) is 69.3 Å². The summed E-state index contributed by atoms with van der Waals surface area (Å²) in [6, 6.07) is 15.0. The van der Waals surface area contributed by atoms with Crippen LogP contribution in [0.4, 0.5) is 0 Å². The van der Waals surface area contributed by atoms with Gasteiger partial charge in [-0.3, -0.25) is 24.2 Å². The molecular formula is C43H64Cl2N6O4. The number of halogens is 2. The molecule has 0 aromatic heterocycles. The second-order valence-corrected chi connectivity index (χ2v) is 17.6. The molecule has 0 saturated carbocycles. The van der Waals surface area contributed by atoms with E-state index in [4.69, 9.17) is 27.9 Å². The van der Waals surface area contributed by atoms with Crippen molar-refractivity contribution in [2.75, 3.05) is 32.7 Å². The summed E-state index contributed by atoms with van der Waals surface area (Å²) in [5, 5.41) is 14.6. The monoisotopic (exact) mass is 798 g/mol. The third-order valence-corrected chi connectivity index (χ3v) is 12.1. The molecule has 2 aromatic rings. The van der Waals surface area contributed by atoms with Crippen molar-refractivity contribution in [1.82, 2.24) is 31.1 Å². The van der Waals surface area contributed by atoms with Gasteiger partial charge in [-0.2, -0.15) is 0 Å². The summed E-state index contributed by atoms with van der Waals surface area (Å²) in [6.45, 7) is 15.7. The topological polar surface area (TPSA) is 115 Å². The van der Waals surface area contributed by atoms with E-state index in [9.17, 15) is 14.4 Å². The predicted molar refractivity (Wildman–Crippen MR) is 221 cm³/mol. The summed E-state index contributed by atoms with van der Waals surface area (Å²) in [5.41, 5.74) is 1.44. The number of hydrogen-bond donors (Lipinski definition) is 4. The Labute approximate surface area is 339 Å². The normalized spacial score (nSPS) is 26.3. The van der Waals surface area contributed by atoms with Crippen LogP contribution in [-0.2, 0) is 32.2 Å². The zero-order valence-corrected chi connectivity index (χ0v) is 35.1. The lowest BCUT2D eigenvalue weighted by atomic mass is 9.95. The van der Waals surface area contributed by atoms with Crippen LogP contribution in [0.5, 0.6) is 0 Å². The first kappa shape index (κ1) is 43.4. The minimum absolute atomic E-state index is 0.00804. The highest BCUT2D eigenvalue weighted by molar-refractivity contribution is 6.30. The lowest BCUT2D eigenvalue weighted by Crippen LogP contribution is -2.59. The van der Waals surface area contributed by atoms with Crippen molar-refractivity contribution < 1.29 is 19.1 Å². The lowest BCUT2D eigenvalue weighted by molar-refractivity contribution is -0.163. The van der Waals surface area contributed by atoms with Gasteiger partial charge in [0.2, 0.25) is 11.8 Å². The SMILES string of the molecule is CC[C@H]1CCN(C(C(=O)OC(C)(C)C)[C@@H]2CCCN2)[C@@H]1C(=O)NCc1cccc(Cl)c1.CC[C@H]1CCN(C[C@@H]2CCCN2)[C@@H]1C(=O)NCc1cccc(Cl)c1. The van der Waals surface area contributed by atoms with E-state index in [1.54, 1.807) is 0 Å². The highest BCUT2D eigenvalue weighted by Crippen LogP contribution is 2.33. The Hall–Kier alpha value is -2.73. The van der Waals surface area contributed by atoms with Crippen LogP contribution < -0.4 is 21.3 Å². The van der Waals surface area contributed by atoms with E-state index in [-0.39, 0.29) is 41.8 Å². The minimum Gasteiger partial charge on any atom is -0.459 e. The van der Waals surface area contributed by atoms with Gasteiger partial charge in [-0.15, -0.1) is 0 Å². The quantitative estimate of drug-likeness (QED) is 0.174. The number of benzene rings is 2. The summed E-state index contributed by atoms with van der Waals surface area (Å²) < 4.78 is 5.80. The summed E-state index contributed by atoms with van der Waals surface area (Å²) in [4.78, 5) is 44.0. The molecule has 0 radical (unpaired) electrons. The molecule has 4 aliphatic rings. The molecule has 4 fully saturated rings. The molecule has 4 aliphatic heterocycles. The number of nitrogens with one attached hydrogen (secondary N) is 4. The van der Waals surface area contributed by atoms with Crippen molar-refractivity contribution in [2.24, 2.45) is 11.8 Å². The van der Waals surface area contributed by atoms with E-state index in [0.717, 1.165) is 82.4 Å². The molecule has 4 heterocycles. The first-order chi connectivity index (χ1) is 26.4. The number of amides is 2. The average molecular weight is 800 g/mol. The number of esters is 1. The van der Waals surface area contributed by atoms with Crippen LogP contribution in [0.25, 0.3) is 0 Å². The van der Waals surface area contributed by atoms with E-state index in [2.05, 4.69) is 44.9 Å². The van der Waals surface area contributed by atoms with E-state index in [1.165, 1.54) is 12.8 Å². The zero-order chi connectivity index (χ0) is 39.5. The van der Waals surface area contributed by atoms with Gasteiger partial charge in [-0.05, 0) is 126 Å². The number of carbonyl (C=O) groups is 3. The highest BCUT2D eigenvalue weighted by atomic mass is 35.5. The molecule has 4 saturated heterocycles. The number of hydrogen-bond acceptors (Lipinski definition) is 8. The number of nitrogens with zero attached hydrogens (tertiary/aromatic N) is 2. The van der Waals surface area contributed by atoms with E-state index in [0.29, 0.717) is 35.1 Å². The third-order valence-electron chi connectivity index (χ3n) is 11.6. The maximum absolute atomic E-state index is 13.4. The van der Waals surface area contributed by atoms with Gasteiger partial charge in [-0.1, -0.05) is 74.2 Å². The second-order valence-electron chi connectivity index (χ2n) is 16.7. The molecule has 12 heteroatoms. The summed E-state index contributed by atoms with van der Waals surface area (Å²) in [6.07, 6.45) is 8.39. The molecular weight excluding hydrogens is 735 g/mol. The number of likely N-dealkylation sites (tertiary alicyclic amines) is 2. The molecule has 6 rings (SSSR count). The van der Waals surface area contributed by atoms with Crippen molar-refractivity contribution in [3.8, 4) is 0 Å². The Kier molecular flexibility index (Phi) is 16.3. The van der Waals surface area contributed by atoms with Gasteiger partial charge in [0.05, 0.1) is 12.1 Å². The second kappa shape index (κ2) is 20.6. The Balaban J connectivity index is 0.000000218. The first-order valence-corrected chi connectivity index (χ1v) is 21.4. The van der Waals surface area contributed by atoms with Crippen LogP contribution in [0.1, 0.15) is 97.1 Å². The Morgan fingerprint density at radius 3 is 1.89 bits per heavy atom. The predicted octanol–water partition coefficient (Wildman–Crippen LogP) is 6.33. The van der Waals surface area contributed by atoms with Gasteiger partial charge >= 0.3 is 5.97 Å². The molecule has 304 valence electrons. The van der Waals surface area contributed by atoms with Gasteiger partial charge in [0.25, 0.3) is 0 Å². The van der Waals surface area contributed by atoms with Crippen LogP contribution in [0.3, 0.4) is 0 Å². The van der Waals surface area contributed by atoms with Crippen molar-refractivity contribution >= 4 is 41.0 Å². The maximum Gasteiger partial charge on any atom is 0.325 e. The maximum atomic E-state index is 13.4. The van der Waals surface area contributed by atoms with Crippen molar-refractivity contribution in [2.45, 2.75) is 135 Å². The van der Waals surface area contributed by atoms with Gasteiger partial charge in [-0.25, -0.2) is 0 Å². The minimum atomic E-state index is -0.567. The fourth-order valence-corrected chi connectivity index (χ4v) is 9.30. The van der Waals surface area contributed by atoms with Crippen molar-refractivity contribution in [1.29, 1.82) is 0 Å². The third kappa shape index (κ3) is 12.4. The van der Waals surface area contributed by atoms with Crippen LogP contribution in [0.2, 0.25) is 10.0 Å². The molecule has 2 aromatic carbocycles. The van der Waals surface area contributed by atoms with Crippen LogP contribution >= 0.6 is 23.2 Å². The molecule has 55 heavy (non-hydrogen) atoms. The Morgan fingerprint density at radius 2 is 1.36 bits per heavy atom. The van der Waals surface area contributed by atoms with Gasteiger partial charge in [0.15, 0.2) is 0 Å². The smallest absolute Gasteiger partial charge is 0.325 e. The average Bonchev–Trinajstić information content (AvgIpc) is 3.98. The molecule has 0 aliphatic carbocycles. The molecule has 10 nitrogen and oxygen atoms in total. The number of ether oxygens (including phenoxy) is 1. The van der Waals surface area contributed by atoms with Crippen LogP contribution in [0.15, 0.2) is 48.5 Å². The Morgan fingerprint density at radius 1 is 0.800 bits per heavy atom. The van der Waals surface area contributed by atoms with E-state index < -0.39 is 11.6 Å². The summed E-state index contributed by atoms with van der Waals surface area (Å²) >= 11 is 12.1. The van der Waals surface area contributed by atoms with Crippen molar-refractivity contribution in [3.05, 3.63) is 69.7 Å². The van der Waals surface area contributed by atoms with Crippen LogP contribution in [0, 0.1) is 11.8 Å². The molecule has 1 unspecified atom stereocenters. The van der Waals surface area contributed by atoms with Crippen LogP contribution in [-0.4, -0.2) is 96.1 Å². The zero-order valence-electron chi connectivity index (χ0n) is 33.6. The molecule has 0 bridgehead atoms. The van der Waals surface area contributed by atoms with Crippen molar-refractivity contribution in [3.63, 3.8) is 0 Å². The molecule has 0 spiro atoms. The molecule has 4 N–H and O–H groups in total. The summed E-state index contributed by atoms with van der Waals surface area (Å²) in [5.74, 6) is 0.570. The first-order valence-electron chi connectivity index (χ1n) is 20.6. The van der Waals surface area contributed by atoms with E-state index >= 15 is 0 Å². The highest BCUT2D eigenvalue weighted by Gasteiger charge is 2.48. The largest absolute Gasteiger partial charge is 0.459 e. The Bertz CT molecular complexity index is 1560. The van der Waals surface area contributed by atoms with Gasteiger partial charge in [0.1, 0.15) is 11.6 Å². The fraction of sp³-hybridized carbons (Fsp3) is 0.651. The van der Waals surface area contributed by atoms with Gasteiger partial charge < -0.3 is 26.0 Å². The fourth-order valence-electron chi connectivity index (χ4n) is 8.88. The summed E-state index contributed by atoms with van der Waals surface area (Å²) in [7, 11) is 0. The number of rotatable bonds is 13. The molecule has 2 amide bonds. The standard InChI is InChI=1S/C24H36ClN3O3.C19H28ClN3O/c1-5-17-11-13-28(20(17)22(29)27-15-16-8-6-9-18(25)14-16)21(19-10-7-12-26-19)23(30)31-24(2,3)4;1-2-15-8-10-23(13-17-7-4-9-21-17)18(15)19(24)22-12-14-5-3-6-16(20)11-14/h6,8-9,14,17,19-21,26H,5,7,10-13,15H2,1-4H3,(H,27,29);3,5-6,11,15,17-18,21H,2,4,7-10,12-13H2,1H3,(H,22,24)/t17-,19-,20-,21?;15-,17-,18-/m00/s1. The number of carbonyl (C=O) groups excluding carboxylic acids is 3.